The second-order valence-electron chi connectivity index (χ2n) is 5.86. The Labute approximate surface area is 155 Å². The van der Waals surface area contributed by atoms with Gasteiger partial charge in [-0.15, -0.1) is 0 Å². The van der Waals surface area contributed by atoms with Gasteiger partial charge in [0.1, 0.15) is 12.3 Å². The SMILES string of the molecule is CCn1c2c([n+](Cc3ccco3)c1C)C(=O)c1ccccc1C2=O.[Br-]. The number of carbonyl (C=O) groups excluding carboxylic acids is 2. The Morgan fingerprint density at radius 2 is 1.72 bits per heavy atom. The standard InChI is InChI=1S/C19H17N2O3.BrH/c1-3-20-12(2)21(11-13-7-6-10-24-13)17-16(20)18(22)14-8-4-5-9-15(14)19(17)23;/h4-10H,3,11H2,1-2H3;1H/q+1;/p-1. The van der Waals surface area contributed by atoms with Gasteiger partial charge in [0.2, 0.25) is 23.0 Å². The largest absolute Gasteiger partial charge is 1.00 e. The summed E-state index contributed by atoms with van der Waals surface area (Å²) in [6.45, 7) is 4.95. The predicted octanol–water partition coefficient (Wildman–Crippen LogP) is -0.475. The third kappa shape index (κ3) is 2.48. The van der Waals surface area contributed by atoms with Crippen LogP contribution in [0, 0.1) is 6.92 Å². The molecule has 0 amide bonds. The average molecular weight is 401 g/mol. The highest BCUT2D eigenvalue weighted by Gasteiger charge is 2.42. The van der Waals surface area contributed by atoms with E-state index in [0.717, 1.165) is 11.6 Å². The molecule has 2 heterocycles. The third-order valence-corrected chi connectivity index (χ3v) is 4.60. The van der Waals surface area contributed by atoms with Crippen molar-refractivity contribution in [3.05, 3.63) is 76.8 Å². The summed E-state index contributed by atoms with van der Waals surface area (Å²) in [6.07, 6.45) is 1.61. The molecular weight excluding hydrogens is 384 g/mol. The number of furan rings is 1. The van der Waals surface area contributed by atoms with Crippen LogP contribution in [0.1, 0.15) is 50.6 Å². The van der Waals surface area contributed by atoms with Crippen molar-refractivity contribution in [1.29, 1.82) is 0 Å². The minimum atomic E-state index is -0.109. The van der Waals surface area contributed by atoms with Gasteiger partial charge >= 0.3 is 0 Å². The number of imidazole rings is 1. The molecule has 0 bridgehead atoms. The molecule has 0 atom stereocenters. The van der Waals surface area contributed by atoms with Crippen LogP contribution in [0.15, 0.2) is 47.1 Å². The summed E-state index contributed by atoms with van der Waals surface area (Å²) in [5, 5.41) is 0. The molecule has 1 aliphatic carbocycles. The lowest BCUT2D eigenvalue weighted by atomic mass is 9.90. The molecule has 25 heavy (non-hydrogen) atoms. The van der Waals surface area contributed by atoms with Crippen LogP contribution in [0.4, 0.5) is 0 Å². The summed E-state index contributed by atoms with van der Waals surface area (Å²) in [4.78, 5) is 26.1. The van der Waals surface area contributed by atoms with E-state index < -0.39 is 0 Å². The third-order valence-electron chi connectivity index (χ3n) is 4.60. The Morgan fingerprint density at radius 1 is 1.04 bits per heavy atom. The van der Waals surface area contributed by atoms with E-state index in [0.29, 0.717) is 35.6 Å². The molecule has 0 saturated heterocycles. The van der Waals surface area contributed by atoms with Gasteiger partial charge in [0, 0.05) is 18.1 Å². The summed E-state index contributed by atoms with van der Waals surface area (Å²) >= 11 is 0. The molecule has 4 rings (SSSR count). The Morgan fingerprint density at radius 3 is 2.32 bits per heavy atom. The molecule has 3 aromatic rings. The molecular formula is C19H17BrN2O3. The zero-order valence-electron chi connectivity index (χ0n) is 14.0. The van der Waals surface area contributed by atoms with E-state index in [2.05, 4.69) is 0 Å². The molecule has 0 fully saturated rings. The molecule has 0 spiro atoms. The van der Waals surface area contributed by atoms with Crippen LogP contribution < -0.4 is 21.5 Å². The zero-order valence-corrected chi connectivity index (χ0v) is 15.5. The number of fused-ring (bicyclic) bond motifs is 2. The summed E-state index contributed by atoms with van der Waals surface area (Å²) in [5.74, 6) is 1.41. The van der Waals surface area contributed by atoms with Gasteiger partial charge in [0.25, 0.3) is 5.82 Å². The van der Waals surface area contributed by atoms with Crippen molar-refractivity contribution < 1.29 is 35.6 Å². The topological polar surface area (TPSA) is 56.1 Å². The Hall–Kier alpha value is -2.47. The number of benzene rings is 1. The molecule has 6 heteroatoms. The first-order valence-corrected chi connectivity index (χ1v) is 7.97. The van der Waals surface area contributed by atoms with Gasteiger partial charge in [0.15, 0.2) is 0 Å². The molecule has 5 nitrogen and oxygen atoms in total. The predicted molar refractivity (Wildman–Crippen MR) is 86.2 cm³/mol. The number of nitrogens with zero attached hydrogens (tertiary/aromatic N) is 2. The van der Waals surface area contributed by atoms with Gasteiger partial charge in [-0.2, -0.15) is 0 Å². The lowest BCUT2D eigenvalue weighted by Crippen LogP contribution is -3.00. The quantitative estimate of drug-likeness (QED) is 0.436. The number of halogens is 1. The van der Waals surface area contributed by atoms with Crippen molar-refractivity contribution in [2.75, 3.05) is 0 Å². The van der Waals surface area contributed by atoms with E-state index in [1.165, 1.54) is 0 Å². The van der Waals surface area contributed by atoms with Gasteiger partial charge in [-0.05, 0) is 19.1 Å². The maximum absolute atomic E-state index is 13.1. The number of hydrogen-bond donors (Lipinski definition) is 0. The number of hydrogen-bond acceptors (Lipinski definition) is 3. The Kier molecular flexibility index (Phi) is 4.47. The van der Waals surface area contributed by atoms with Crippen molar-refractivity contribution in [3.63, 3.8) is 0 Å². The first-order valence-electron chi connectivity index (χ1n) is 7.97. The number of carbonyl (C=O) groups is 2. The van der Waals surface area contributed by atoms with Crippen LogP contribution >= 0.6 is 0 Å². The maximum atomic E-state index is 13.1. The van der Waals surface area contributed by atoms with Crippen molar-refractivity contribution in [1.82, 2.24) is 4.57 Å². The first-order chi connectivity index (χ1) is 11.6. The first kappa shape index (κ1) is 17.4. The van der Waals surface area contributed by atoms with E-state index in [9.17, 15) is 9.59 Å². The van der Waals surface area contributed by atoms with Gasteiger partial charge in [0.05, 0.1) is 12.8 Å². The van der Waals surface area contributed by atoms with E-state index in [-0.39, 0.29) is 28.5 Å². The molecule has 0 N–H and O–H groups in total. The Balaban J connectivity index is 0.00000182. The highest BCUT2D eigenvalue weighted by atomic mass is 79.9. The number of rotatable bonds is 3. The monoisotopic (exact) mass is 400 g/mol. The zero-order chi connectivity index (χ0) is 16.8. The van der Waals surface area contributed by atoms with Crippen LogP contribution in [-0.4, -0.2) is 16.1 Å². The van der Waals surface area contributed by atoms with E-state index in [1.807, 2.05) is 35.1 Å². The van der Waals surface area contributed by atoms with Gasteiger partial charge < -0.3 is 21.4 Å². The minimum Gasteiger partial charge on any atom is -1.00 e. The summed E-state index contributed by atoms with van der Waals surface area (Å²) in [6, 6.07) is 10.7. The molecule has 0 unspecified atom stereocenters. The van der Waals surface area contributed by atoms with Gasteiger partial charge in [-0.3, -0.25) is 9.59 Å². The fourth-order valence-electron chi connectivity index (χ4n) is 3.46. The van der Waals surface area contributed by atoms with E-state index in [1.54, 1.807) is 30.5 Å². The summed E-state index contributed by atoms with van der Waals surface area (Å²) in [5.41, 5.74) is 1.88. The fourth-order valence-corrected chi connectivity index (χ4v) is 3.46. The summed E-state index contributed by atoms with van der Waals surface area (Å²) < 4.78 is 9.23. The summed E-state index contributed by atoms with van der Waals surface area (Å²) in [7, 11) is 0. The highest BCUT2D eigenvalue weighted by molar-refractivity contribution is 6.26. The lowest BCUT2D eigenvalue weighted by Gasteiger charge is -2.12. The molecule has 0 aliphatic heterocycles. The number of ketones is 2. The van der Waals surface area contributed by atoms with Crippen LogP contribution in [-0.2, 0) is 13.1 Å². The molecule has 128 valence electrons. The van der Waals surface area contributed by atoms with Crippen LogP contribution in [0.5, 0.6) is 0 Å². The van der Waals surface area contributed by atoms with Crippen molar-refractivity contribution in [3.8, 4) is 0 Å². The molecule has 1 aromatic carbocycles. The smallest absolute Gasteiger partial charge is 0.254 e. The van der Waals surface area contributed by atoms with Crippen molar-refractivity contribution in [2.45, 2.75) is 26.9 Å². The van der Waals surface area contributed by atoms with E-state index >= 15 is 0 Å². The van der Waals surface area contributed by atoms with Crippen LogP contribution in [0.2, 0.25) is 0 Å². The van der Waals surface area contributed by atoms with Crippen molar-refractivity contribution >= 4 is 11.6 Å². The highest BCUT2D eigenvalue weighted by Crippen LogP contribution is 2.27. The van der Waals surface area contributed by atoms with Crippen LogP contribution in [0.25, 0.3) is 0 Å². The Bertz CT molecular complexity index is 971. The second kappa shape index (κ2) is 6.44. The van der Waals surface area contributed by atoms with Gasteiger partial charge in [-0.25, -0.2) is 9.13 Å². The number of aromatic nitrogens is 2. The van der Waals surface area contributed by atoms with Gasteiger partial charge in [-0.1, -0.05) is 24.3 Å². The molecule has 1 aliphatic rings. The maximum Gasteiger partial charge on any atom is 0.254 e. The average Bonchev–Trinajstić information content (AvgIpc) is 3.20. The molecule has 0 radical (unpaired) electrons. The molecule has 0 saturated carbocycles. The minimum absolute atomic E-state index is 0. The lowest BCUT2D eigenvalue weighted by molar-refractivity contribution is -0.697. The normalized spacial score (nSPS) is 12.6. The van der Waals surface area contributed by atoms with Crippen molar-refractivity contribution in [2.24, 2.45) is 0 Å². The fraction of sp³-hybridized carbons (Fsp3) is 0.211. The van der Waals surface area contributed by atoms with Crippen LogP contribution in [0.3, 0.4) is 0 Å². The molecule has 2 aromatic heterocycles. The second-order valence-corrected chi connectivity index (χ2v) is 5.86. The van der Waals surface area contributed by atoms with E-state index in [4.69, 9.17) is 4.42 Å².